The molecule has 5 nitrogen and oxygen atoms in total. The van der Waals surface area contributed by atoms with E-state index in [1.54, 1.807) is 0 Å². The van der Waals surface area contributed by atoms with Crippen molar-refractivity contribution in [1.82, 2.24) is 24.1 Å². The summed E-state index contributed by atoms with van der Waals surface area (Å²) in [6.45, 7) is 0. The molecule has 0 unspecified atom stereocenters. The van der Waals surface area contributed by atoms with Crippen LogP contribution in [0.4, 0.5) is 0 Å². The zero-order valence-electron chi connectivity index (χ0n) is 36.8. The van der Waals surface area contributed by atoms with E-state index < -0.39 is 0 Å². The average molecular weight is 866 g/mol. The largest absolute Gasteiger partial charge is 0.307 e. The summed E-state index contributed by atoms with van der Waals surface area (Å²) in [5, 5.41) is 12.2. The van der Waals surface area contributed by atoms with Crippen molar-refractivity contribution < 1.29 is 0 Å². The van der Waals surface area contributed by atoms with Gasteiger partial charge < -0.3 is 4.57 Å². The molecule has 3 heterocycles. The first kappa shape index (κ1) is 38.1. The van der Waals surface area contributed by atoms with Crippen LogP contribution in [0.1, 0.15) is 0 Å². The highest BCUT2D eigenvalue weighted by atomic mass is 15.2. The van der Waals surface area contributed by atoms with Crippen molar-refractivity contribution in [1.29, 1.82) is 0 Å². The molecule has 0 amide bonds. The molecule has 0 saturated heterocycles. The van der Waals surface area contributed by atoms with Crippen molar-refractivity contribution in [3.63, 3.8) is 0 Å². The Morgan fingerprint density at radius 1 is 0.235 bits per heavy atom. The first-order valence-corrected chi connectivity index (χ1v) is 23.1. The number of hydrogen-bond donors (Lipinski definition) is 0. The molecule has 14 aromatic rings. The number of aromatic nitrogens is 5. The van der Waals surface area contributed by atoms with Crippen LogP contribution in [-0.4, -0.2) is 24.1 Å². The van der Waals surface area contributed by atoms with Gasteiger partial charge in [0.05, 0.1) is 22.1 Å². The standard InChI is InChI=1S/C63H39N5/c1-4-16-40(17-5-1)44-30-34-49-50-35-31-45(39-56(50)48-23-11-10-22-47(48)55(49)38-44)41-28-32-46(33-29-41)67-57-26-14-12-24-51(57)53-36-37-54-52-25-13-15-27-58(52)68(60(54)59(53)67)63-65-61(42-18-6-2-7-19-42)64-62(66-63)43-20-8-3-9-21-43/h1-39H. The number of para-hydroxylation sites is 2. The molecule has 14 rings (SSSR count). The molecule has 0 aliphatic carbocycles. The Bertz CT molecular complexity index is 4210. The molecule has 0 atom stereocenters. The van der Waals surface area contributed by atoms with Gasteiger partial charge in [0.1, 0.15) is 0 Å². The molecule has 0 aliphatic heterocycles. The van der Waals surface area contributed by atoms with Crippen molar-refractivity contribution in [2.75, 3.05) is 0 Å². The Balaban J connectivity index is 0.967. The van der Waals surface area contributed by atoms with Gasteiger partial charge in [-0.2, -0.15) is 9.97 Å². The Morgan fingerprint density at radius 3 is 1.12 bits per heavy atom. The molecular weight excluding hydrogens is 827 g/mol. The van der Waals surface area contributed by atoms with E-state index in [0.29, 0.717) is 17.6 Å². The van der Waals surface area contributed by atoms with Crippen LogP contribution in [0.15, 0.2) is 237 Å². The molecule has 5 heteroatoms. The van der Waals surface area contributed by atoms with E-state index in [9.17, 15) is 0 Å². The van der Waals surface area contributed by atoms with E-state index in [1.165, 1.54) is 54.4 Å². The monoisotopic (exact) mass is 865 g/mol. The van der Waals surface area contributed by atoms with Gasteiger partial charge in [-0.15, -0.1) is 0 Å². The Hall–Kier alpha value is -9.19. The van der Waals surface area contributed by atoms with Crippen LogP contribution < -0.4 is 0 Å². The van der Waals surface area contributed by atoms with Crippen molar-refractivity contribution in [3.8, 4) is 56.7 Å². The SMILES string of the molecule is c1ccc(-c2ccc3c4ccc(-c5ccc(-n6c7ccccc7c7ccc8c9ccccc9n(-c9nc(-c%10ccccc%10)nc(-c%10ccccc%10)n9)c8c76)cc5)cc4c4ccccc4c3c2)cc1. The fourth-order valence-corrected chi connectivity index (χ4v) is 10.6. The molecule has 0 aliphatic rings. The summed E-state index contributed by atoms with van der Waals surface area (Å²) in [5.41, 5.74) is 12.0. The molecule has 3 aromatic heterocycles. The zero-order chi connectivity index (χ0) is 44.7. The van der Waals surface area contributed by atoms with Gasteiger partial charge in [0.25, 0.3) is 0 Å². The van der Waals surface area contributed by atoms with Crippen molar-refractivity contribution in [2.24, 2.45) is 0 Å². The summed E-state index contributed by atoms with van der Waals surface area (Å²) >= 11 is 0. The molecular formula is C63H39N5. The Labute approximate surface area is 391 Å². The maximum absolute atomic E-state index is 5.29. The number of benzene rings is 11. The molecule has 0 bridgehead atoms. The minimum absolute atomic E-state index is 0.566. The Morgan fingerprint density at radius 2 is 0.603 bits per heavy atom. The zero-order valence-corrected chi connectivity index (χ0v) is 36.8. The van der Waals surface area contributed by atoms with E-state index in [2.05, 4.69) is 209 Å². The van der Waals surface area contributed by atoms with Crippen LogP contribution in [0.25, 0.3) is 133 Å². The fourth-order valence-electron chi connectivity index (χ4n) is 10.6. The minimum atomic E-state index is 0.566. The lowest BCUT2D eigenvalue weighted by Gasteiger charge is -2.14. The van der Waals surface area contributed by atoms with Gasteiger partial charge in [-0.1, -0.05) is 200 Å². The first-order valence-electron chi connectivity index (χ1n) is 23.1. The maximum Gasteiger partial charge on any atom is 0.238 e. The summed E-state index contributed by atoms with van der Waals surface area (Å²) in [5.74, 6) is 1.81. The summed E-state index contributed by atoms with van der Waals surface area (Å²) in [6.07, 6.45) is 0. The molecule has 316 valence electrons. The van der Waals surface area contributed by atoms with Crippen molar-refractivity contribution in [3.05, 3.63) is 237 Å². The summed E-state index contributed by atoms with van der Waals surface area (Å²) in [4.78, 5) is 15.6. The van der Waals surface area contributed by atoms with E-state index in [1.807, 2.05) is 36.4 Å². The highest BCUT2D eigenvalue weighted by Crippen LogP contribution is 2.43. The summed E-state index contributed by atoms with van der Waals surface area (Å²) in [7, 11) is 0. The maximum atomic E-state index is 5.29. The predicted octanol–water partition coefficient (Wildman–Crippen LogP) is 16.2. The van der Waals surface area contributed by atoms with E-state index in [4.69, 9.17) is 15.0 Å². The second kappa shape index (κ2) is 15.2. The fraction of sp³-hybridized carbons (Fsp3) is 0. The summed E-state index contributed by atoms with van der Waals surface area (Å²) in [6, 6.07) is 84.7. The normalized spacial score (nSPS) is 11.8. The smallest absolute Gasteiger partial charge is 0.238 e. The lowest BCUT2D eigenvalue weighted by Crippen LogP contribution is -2.07. The van der Waals surface area contributed by atoms with Crippen LogP contribution in [0, 0.1) is 0 Å². The van der Waals surface area contributed by atoms with Crippen LogP contribution in [-0.2, 0) is 0 Å². The lowest BCUT2D eigenvalue weighted by atomic mass is 9.90. The highest BCUT2D eigenvalue weighted by molar-refractivity contribution is 6.27. The van der Waals surface area contributed by atoms with Crippen LogP contribution in [0.2, 0.25) is 0 Å². The molecule has 0 saturated carbocycles. The van der Waals surface area contributed by atoms with Crippen LogP contribution in [0.3, 0.4) is 0 Å². The molecule has 11 aromatic carbocycles. The van der Waals surface area contributed by atoms with Crippen molar-refractivity contribution >= 4 is 75.9 Å². The molecule has 0 N–H and O–H groups in total. The van der Waals surface area contributed by atoms with Gasteiger partial charge in [0.15, 0.2) is 11.6 Å². The molecule has 0 fully saturated rings. The third-order valence-corrected chi connectivity index (χ3v) is 13.8. The lowest BCUT2D eigenvalue weighted by molar-refractivity contribution is 0.953. The van der Waals surface area contributed by atoms with Crippen LogP contribution in [0.5, 0.6) is 0 Å². The third-order valence-electron chi connectivity index (χ3n) is 13.8. The molecule has 0 radical (unpaired) electrons. The average Bonchev–Trinajstić information content (AvgIpc) is 3.95. The third kappa shape index (κ3) is 5.93. The van der Waals surface area contributed by atoms with Crippen LogP contribution >= 0.6 is 0 Å². The summed E-state index contributed by atoms with van der Waals surface area (Å²) < 4.78 is 4.68. The topological polar surface area (TPSA) is 48.5 Å². The van der Waals surface area contributed by atoms with Gasteiger partial charge in [-0.25, -0.2) is 4.98 Å². The second-order valence-electron chi connectivity index (χ2n) is 17.6. The van der Waals surface area contributed by atoms with Gasteiger partial charge >= 0.3 is 0 Å². The number of nitrogens with zero attached hydrogens (tertiary/aromatic N) is 5. The predicted molar refractivity (Wildman–Crippen MR) is 283 cm³/mol. The van der Waals surface area contributed by atoms with Crippen molar-refractivity contribution in [2.45, 2.75) is 0 Å². The number of fused-ring (bicyclic) bond motifs is 13. The van der Waals surface area contributed by atoms with Gasteiger partial charge in [-0.05, 0) is 91.0 Å². The van der Waals surface area contributed by atoms with Gasteiger partial charge in [-0.3, -0.25) is 4.57 Å². The first-order chi connectivity index (χ1) is 33.7. The number of rotatable bonds is 6. The van der Waals surface area contributed by atoms with Gasteiger partial charge in [0, 0.05) is 38.4 Å². The van der Waals surface area contributed by atoms with E-state index in [-0.39, 0.29) is 0 Å². The Kier molecular flexibility index (Phi) is 8.52. The minimum Gasteiger partial charge on any atom is -0.307 e. The van der Waals surface area contributed by atoms with E-state index >= 15 is 0 Å². The van der Waals surface area contributed by atoms with Gasteiger partial charge in [0.2, 0.25) is 5.95 Å². The molecule has 68 heavy (non-hydrogen) atoms. The molecule has 0 spiro atoms. The highest BCUT2D eigenvalue weighted by Gasteiger charge is 2.24. The quantitative estimate of drug-likeness (QED) is 0.156. The number of hydrogen-bond acceptors (Lipinski definition) is 3. The van der Waals surface area contributed by atoms with E-state index in [0.717, 1.165) is 60.6 Å². The second-order valence-corrected chi connectivity index (χ2v) is 17.6.